The molecule has 0 aliphatic carbocycles. The van der Waals surface area contributed by atoms with Gasteiger partial charge in [0.1, 0.15) is 0 Å². The standard InChI is InChI=1S/C11H17N/c1-3-7-11(12-2)10-8-5-4-6-9-10/h4-6,8-9,11-12H,3,7H2,1-2H3. The minimum atomic E-state index is 0.524. The average molecular weight is 163 g/mol. The number of nitrogens with one attached hydrogen (secondary N) is 1. The van der Waals surface area contributed by atoms with Crippen LogP contribution in [0.15, 0.2) is 30.3 Å². The second-order valence-electron chi connectivity index (χ2n) is 3.04. The van der Waals surface area contributed by atoms with E-state index in [0.717, 1.165) is 0 Å². The fraction of sp³-hybridized carbons (Fsp3) is 0.455. The zero-order chi connectivity index (χ0) is 8.81. The van der Waals surface area contributed by atoms with Crippen molar-refractivity contribution in [1.82, 2.24) is 5.32 Å². The molecule has 1 aromatic rings. The summed E-state index contributed by atoms with van der Waals surface area (Å²) in [6.45, 7) is 2.22. The lowest BCUT2D eigenvalue weighted by Gasteiger charge is -2.14. The van der Waals surface area contributed by atoms with Crippen LogP contribution in [0.3, 0.4) is 0 Å². The molecule has 0 bridgehead atoms. The van der Waals surface area contributed by atoms with Crippen LogP contribution in [0.2, 0.25) is 0 Å². The van der Waals surface area contributed by atoms with Crippen LogP contribution in [0, 0.1) is 0 Å². The van der Waals surface area contributed by atoms with Gasteiger partial charge in [0.2, 0.25) is 0 Å². The topological polar surface area (TPSA) is 12.0 Å². The molecule has 1 atom stereocenters. The molecular formula is C11H17N. The Morgan fingerprint density at radius 3 is 2.42 bits per heavy atom. The lowest BCUT2D eigenvalue weighted by atomic mass is 10.0. The van der Waals surface area contributed by atoms with Crippen molar-refractivity contribution in [3.63, 3.8) is 0 Å². The summed E-state index contributed by atoms with van der Waals surface area (Å²) in [5.41, 5.74) is 1.39. The Labute approximate surface area is 74.8 Å². The number of hydrogen-bond donors (Lipinski definition) is 1. The monoisotopic (exact) mass is 163 g/mol. The highest BCUT2D eigenvalue weighted by molar-refractivity contribution is 5.18. The first kappa shape index (κ1) is 9.27. The third-order valence-electron chi connectivity index (χ3n) is 2.13. The maximum absolute atomic E-state index is 3.32. The van der Waals surface area contributed by atoms with Crippen molar-refractivity contribution in [2.75, 3.05) is 7.05 Å². The van der Waals surface area contributed by atoms with Gasteiger partial charge in [-0.25, -0.2) is 0 Å². The highest BCUT2D eigenvalue weighted by Gasteiger charge is 2.05. The maximum Gasteiger partial charge on any atom is 0.0317 e. The van der Waals surface area contributed by atoms with Crippen LogP contribution in [0.5, 0.6) is 0 Å². The summed E-state index contributed by atoms with van der Waals surface area (Å²) in [5.74, 6) is 0. The second-order valence-corrected chi connectivity index (χ2v) is 3.04. The van der Waals surface area contributed by atoms with Crippen LogP contribution in [-0.4, -0.2) is 7.05 Å². The molecule has 1 unspecified atom stereocenters. The van der Waals surface area contributed by atoms with E-state index >= 15 is 0 Å². The third-order valence-corrected chi connectivity index (χ3v) is 2.13. The Hall–Kier alpha value is -0.820. The van der Waals surface area contributed by atoms with E-state index in [4.69, 9.17) is 0 Å². The van der Waals surface area contributed by atoms with Crippen LogP contribution in [0.25, 0.3) is 0 Å². The fourth-order valence-corrected chi connectivity index (χ4v) is 1.45. The molecule has 1 N–H and O–H groups in total. The van der Waals surface area contributed by atoms with E-state index < -0.39 is 0 Å². The van der Waals surface area contributed by atoms with Gasteiger partial charge in [-0.15, -0.1) is 0 Å². The largest absolute Gasteiger partial charge is 0.313 e. The summed E-state index contributed by atoms with van der Waals surface area (Å²) >= 11 is 0. The zero-order valence-electron chi connectivity index (χ0n) is 7.88. The number of hydrogen-bond acceptors (Lipinski definition) is 1. The van der Waals surface area contributed by atoms with E-state index in [-0.39, 0.29) is 0 Å². The SMILES string of the molecule is CCCC(NC)c1ccccc1. The lowest BCUT2D eigenvalue weighted by molar-refractivity contribution is 0.541. The summed E-state index contributed by atoms with van der Waals surface area (Å²) in [6, 6.07) is 11.1. The van der Waals surface area contributed by atoms with Crippen molar-refractivity contribution in [1.29, 1.82) is 0 Å². The van der Waals surface area contributed by atoms with E-state index in [1.165, 1.54) is 18.4 Å². The molecule has 0 radical (unpaired) electrons. The van der Waals surface area contributed by atoms with Gasteiger partial charge < -0.3 is 5.32 Å². The van der Waals surface area contributed by atoms with Crippen molar-refractivity contribution >= 4 is 0 Å². The Kier molecular flexibility index (Phi) is 3.81. The van der Waals surface area contributed by atoms with Crippen LogP contribution in [0.4, 0.5) is 0 Å². The van der Waals surface area contributed by atoms with Gasteiger partial charge in [0.05, 0.1) is 0 Å². The van der Waals surface area contributed by atoms with Gasteiger partial charge in [0.25, 0.3) is 0 Å². The molecule has 0 saturated heterocycles. The highest BCUT2D eigenvalue weighted by atomic mass is 14.9. The van der Waals surface area contributed by atoms with Crippen LogP contribution >= 0.6 is 0 Å². The maximum atomic E-state index is 3.32. The average Bonchev–Trinajstić information content (AvgIpc) is 2.15. The van der Waals surface area contributed by atoms with E-state index in [1.54, 1.807) is 0 Å². The second kappa shape index (κ2) is 4.94. The van der Waals surface area contributed by atoms with Gasteiger partial charge in [0, 0.05) is 6.04 Å². The fourth-order valence-electron chi connectivity index (χ4n) is 1.45. The summed E-state index contributed by atoms with van der Waals surface area (Å²) in [6.07, 6.45) is 2.43. The van der Waals surface area contributed by atoms with Crippen molar-refractivity contribution in [2.24, 2.45) is 0 Å². The minimum Gasteiger partial charge on any atom is -0.313 e. The number of rotatable bonds is 4. The smallest absolute Gasteiger partial charge is 0.0317 e. The molecule has 0 spiro atoms. The van der Waals surface area contributed by atoms with Crippen molar-refractivity contribution in [2.45, 2.75) is 25.8 Å². The van der Waals surface area contributed by atoms with Crippen molar-refractivity contribution < 1.29 is 0 Å². The van der Waals surface area contributed by atoms with E-state index in [0.29, 0.717) is 6.04 Å². The van der Waals surface area contributed by atoms with Crippen LogP contribution < -0.4 is 5.32 Å². The lowest BCUT2D eigenvalue weighted by Crippen LogP contribution is -2.15. The van der Waals surface area contributed by atoms with Gasteiger partial charge in [-0.2, -0.15) is 0 Å². The van der Waals surface area contributed by atoms with Gasteiger partial charge in [-0.05, 0) is 19.0 Å². The molecule has 0 aromatic heterocycles. The molecule has 0 aliphatic heterocycles. The molecular weight excluding hydrogens is 146 g/mol. The molecule has 1 rings (SSSR count). The van der Waals surface area contributed by atoms with Gasteiger partial charge >= 0.3 is 0 Å². The quantitative estimate of drug-likeness (QED) is 0.719. The molecule has 66 valence electrons. The first-order valence-corrected chi connectivity index (χ1v) is 4.60. The van der Waals surface area contributed by atoms with Crippen LogP contribution in [-0.2, 0) is 0 Å². The predicted octanol–water partition coefficient (Wildman–Crippen LogP) is 2.75. The molecule has 0 amide bonds. The first-order chi connectivity index (χ1) is 5.88. The Bertz CT molecular complexity index is 206. The molecule has 12 heavy (non-hydrogen) atoms. The Morgan fingerprint density at radius 1 is 1.25 bits per heavy atom. The Balaban J connectivity index is 2.66. The highest BCUT2D eigenvalue weighted by Crippen LogP contribution is 2.16. The summed E-state index contributed by atoms with van der Waals surface area (Å²) in [4.78, 5) is 0. The zero-order valence-corrected chi connectivity index (χ0v) is 7.88. The van der Waals surface area contributed by atoms with Gasteiger partial charge in [-0.3, -0.25) is 0 Å². The molecule has 1 nitrogen and oxygen atoms in total. The van der Waals surface area contributed by atoms with Gasteiger partial charge in [0.15, 0.2) is 0 Å². The van der Waals surface area contributed by atoms with Crippen LogP contribution in [0.1, 0.15) is 31.4 Å². The van der Waals surface area contributed by atoms with E-state index in [9.17, 15) is 0 Å². The third kappa shape index (κ3) is 2.35. The predicted molar refractivity (Wildman–Crippen MR) is 53.2 cm³/mol. The van der Waals surface area contributed by atoms with E-state index in [2.05, 4.69) is 42.6 Å². The summed E-state index contributed by atoms with van der Waals surface area (Å²) < 4.78 is 0. The molecule has 1 heteroatoms. The molecule has 1 aromatic carbocycles. The summed E-state index contributed by atoms with van der Waals surface area (Å²) in [7, 11) is 2.02. The van der Waals surface area contributed by atoms with E-state index in [1.807, 2.05) is 7.05 Å². The summed E-state index contributed by atoms with van der Waals surface area (Å²) in [5, 5.41) is 3.32. The number of benzene rings is 1. The molecule has 0 heterocycles. The van der Waals surface area contributed by atoms with Gasteiger partial charge in [-0.1, -0.05) is 43.7 Å². The normalized spacial score (nSPS) is 12.8. The Morgan fingerprint density at radius 2 is 1.92 bits per heavy atom. The molecule has 0 saturated carbocycles. The molecule has 0 aliphatic rings. The molecule has 0 fully saturated rings. The van der Waals surface area contributed by atoms with Crippen molar-refractivity contribution in [3.05, 3.63) is 35.9 Å². The minimum absolute atomic E-state index is 0.524. The van der Waals surface area contributed by atoms with Crippen molar-refractivity contribution in [3.8, 4) is 0 Å². The first-order valence-electron chi connectivity index (χ1n) is 4.60.